The number of fused-ring (bicyclic) bond motifs is 3. The average molecular weight is 441 g/mol. The number of cyclic esters (lactones) is 1. The topological polar surface area (TPSA) is 89.3 Å². The number of carbonyl (C=O) groups is 2. The SMILES string of the molecule is CC1(C)C(=O)C=C[C@]2(C)[C@H]3CC[C@@]4(C)[C@H](c5ccoc5)OC(=O)[C@H]5O[C@]54[C@]3(C)[C@H](O)C[C@@H]12. The Morgan fingerprint density at radius 2 is 1.81 bits per heavy atom. The maximum Gasteiger partial charge on any atom is 0.339 e. The molecule has 6 nitrogen and oxygen atoms in total. The second-order valence-electron chi connectivity index (χ2n) is 12.0. The second-order valence-corrected chi connectivity index (χ2v) is 12.0. The number of allylic oxidation sites excluding steroid dienone is 2. The van der Waals surface area contributed by atoms with Gasteiger partial charge in [0, 0.05) is 21.8 Å². The molecule has 32 heavy (non-hydrogen) atoms. The van der Waals surface area contributed by atoms with Crippen LogP contribution in [0.5, 0.6) is 0 Å². The van der Waals surface area contributed by atoms with Crippen LogP contribution < -0.4 is 0 Å². The Balaban J connectivity index is 1.52. The number of carbonyl (C=O) groups excluding carboxylic acids is 2. The van der Waals surface area contributed by atoms with Crippen molar-refractivity contribution in [2.75, 3.05) is 0 Å². The standard InChI is InChI=1S/C26H32O6/c1-22(2)16-12-18(28)25(5)15(23(16,3)9-7-17(22)27)6-10-24(4)19(14-8-11-30-13-14)31-21(29)20-26(24,25)32-20/h7-9,11,13,15-16,18-20,28H,6,10,12H2,1-5H3/t15-,16+,18-,19+,20-,23-,24+,25+,26-/m1/s1. The maximum atomic E-state index is 13.0. The number of aliphatic hydroxyl groups excluding tert-OH is 1. The molecule has 0 amide bonds. The van der Waals surface area contributed by atoms with Crippen LogP contribution in [0.2, 0.25) is 0 Å². The van der Waals surface area contributed by atoms with E-state index in [0.717, 1.165) is 18.4 Å². The summed E-state index contributed by atoms with van der Waals surface area (Å²) in [4.78, 5) is 25.8. The Bertz CT molecular complexity index is 1040. The van der Waals surface area contributed by atoms with E-state index in [1.807, 2.05) is 19.9 Å². The van der Waals surface area contributed by atoms with Crippen LogP contribution in [0.15, 0.2) is 35.2 Å². The summed E-state index contributed by atoms with van der Waals surface area (Å²) in [5.74, 6) is -0.138. The summed E-state index contributed by atoms with van der Waals surface area (Å²) >= 11 is 0. The summed E-state index contributed by atoms with van der Waals surface area (Å²) in [6.45, 7) is 10.5. The van der Waals surface area contributed by atoms with Crippen molar-refractivity contribution in [3.8, 4) is 0 Å². The van der Waals surface area contributed by atoms with Crippen molar-refractivity contribution in [2.45, 2.75) is 77.8 Å². The molecule has 0 aromatic carbocycles. The predicted octanol–water partition coefficient (Wildman–Crippen LogP) is 3.99. The fourth-order valence-electron chi connectivity index (χ4n) is 8.86. The number of esters is 1. The first kappa shape index (κ1) is 20.7. The number of epoxide rings is 1. The van der Waals surface area contributed by atoms with Crippen molar-refractivity contribution in [3.63, 3.8) is 0 Å². The Kier molecular flexibility index (Phi) is 3.72. The minimum atomic E-state index is -0.812. The van der Waals surface area contributed by atoms with Crippen LogP contribution in [-0.4, -0.2) is 34.7 Å². The molecule has 172 valence electrons. The Labute approximate surface area is 188 Å². The summed E-state index contributed by atoms with van der Waals surface area (Å²) < 4.78 is 17.6. The summed E-state index contributed by atoms with van der Waals surface area (Å²) in [5, 5.41) is 11.8. The zero-order chi connectivity index (χ0) is 22.9. The molecule has 0 radical (unpaired) electrons. The number of furan rings is 1. The van der Waals surface area contributed by atoms with Gasteiger partial charge < -0.3 is 19.0 Å². The van der Waals surface area contributed by atoms with Crippen LogP contribution in [-0.2, 0) is 19.1 Å². The lowest BCUT2D eigenvalue weighted by molar-refractivity contribution is -0.246. The Morgan fingerprint density at radius 3 is 2.50 bits per heavy atom. The minimum Gasteiger partial charge on any atom is -0.472 e. The van der Waals surface area contributed by atoms with Gasteiger partial charge in [0.05, 0.1) is 18.6 Å². The zero-order valence-corrected chi connectivity index (χ0v) is 19.4. The molecule has 6 heteroatoms. The molecule has 3 aliphatic carbocycles. The third kappa shape index (κ3) is 1.98. The summed E-state index contributed by atoms with van der Waals surface area (Å²) in [6.07, 6.45) is 7.39. The van der Waals surface area contributed by atoms with Crippen molar-refractivity contribution < 1.29 is 28.6 Å². The monoisotopic (exact) mass is 440 g/mol. The van der Waals surface area contributed by atoms with Crippen LogP contribution in [0.1, 0.15) is 65.5 Å². The van der Waals surface area contributed by atoms with Gasteiger partial charge >= 0.3 is 5.97 Å². The quantitative estimate of drug-likeness (QED) is 0.525. The molecule has 2 aliphatic heterocycles. The molecule has 1 N–H and O–H groups in total. The molecule has 0 unspecified atom stereocenters. The molecule has 9 atom stereocenters. The molecule has 2 saturated carbocycles. The maximum absolute atomic E-state index is 13.0. The molecule has 4 fully saturated rings. The van der Waals surface area contributed by atoms with Gasteiger partial charge in [0.2, 0.25) is 0 Å². The van der Waals surface area contributed by atoms with Gasteiger partial charge in [-0.25, -0.2) is 4.79 Å². The fraction of sp³-hybridized carbons (Fsp3) is 0.692. The van der Waals surface area contributed by atoms with Gasteiger partial charge in [-0.15, -0.1) is 0 Å². The Morgan fingerprint density at radius 1 is 1.06 bits per heavy atom. The van der Waals surface area contributed by atoms with Crippen molar-refractivity contribution >= 4 is 11.8 Å². The van der Waals surface area contributed by atoms with E-state index in [-0.39, 0.29) is 29.0 Å². The summed E-state index contributed by atoms with van der Waals surface area (Å²) in [6, 6.07) is 1.85. The highest BCUT2D eigenvalue weighted by Crippen LogP contribution is 2.79. The van der Waals surface area contributed by atoms with E-state index < -0.39 is 40.2 Å². The van der Waals surface area contributed by atoms with E-state index in [4.69, 9.17) is 13.9 Å². The molecule has 6 rings (SSSR count). The van der Waals surface area contributed by atoms with E-state index in [1.165, 1.54) is 0 Å². The molecule has 1 aromatic heterocycles. The smallest absolute Gasteiger partial charge is 0.339 e. The van der Waals surface area contributed by atoms with Crippen molar-refractivity contribution in [1.82, 2.24) is 0 Å². The number of hydrogen-bond donors (Lipinski definition) is 1. The van der Waals surface area contributed by atoms with E-state index >= 15 is 0 Å². The van der Waals surface area contributed by atoms with Crippen molar-refractivity contribution in [1.29, 1.82) is 0 Å². The molecule has 1 aromatic rings. The lowest BCUT2D eigenvalue weighted by Gasteiger charge is -2.68. The number of ether oxygens (including phenoxy) is 2. The first-order valence-electron chi connectivity index (χ1n) is 11.8. The lowest BCUT2D eigenvalue weighted by Crippen LogP contribution is -2.72. The number of hydrogen-bond acceptors (Lipinski definition) is 6. The van der Waals surface area contributed by atoms with Gasteiger partial charge in [-0.1, -0.05) is 40.7 Å². The first-order valence-corrected chi connectivity index (χ1v) is 11.8. The highest BCUT2D eigenvalue weighted by molar-refractivity contribution is 5.95. The second kappa shape index (κ2) is 5.76. The summed E-state index contributed by atoms with van der Waals surface area (Å²) in [5.41, 5.74) is -1.95. The normalized spacial score (nSPS) is 52.9. The minimum absolute atomic E-state index is 0.0266. The van der Waals surface area contributed by atoms with Gasteiger partial charge in [0.1, 0.15) is 11.7 Å². The van der Waals surface area contributed by atoms with E-state index in [9.17, 15) is 14.7 Å². The molecule has 5 aliphatic rings. The van der Waals surface area contributed by atoms with Crippen LogP contribution >= 0.6 is 0 Å². The third-order valence-corrected chi connectivity index (χ3v) is 10.6. The average Bonchev–Trinajstić information content (AvgIpc) is 3.30. The fourth-order valence-corrected chi connectivity index (χ4v) is 8.86. The van der Waals surface area contributed by atoms with Gasteiger partial charge in [0.15, 0.2) is 11.9 Å². The van der Waals surface area contributed by atoms with Crippen LogP contribution in [0.25, 0.3) is 0 Å². The highest BCUT2D eigenvalue weighted by Gasteiger charge is 2.87. The Hall–Kier alpha value is -1.92. The van der Waals surface area contributed by atoms with Crippen molar-refractivity contribution in [2.24, 2.45) is 33.5 Å². The summed E-state index contributed by atoms with van der Waals surface area (Å²) in [7, 11) is 0. The molecule has 1 spiro atoms. The van der Waals surface area contributed by atoms with Gasteiger partial charge in [-0.2, -0.15) is 0 Å². The van der Waals surface area contributed by atoms with Gasteiger partial charge in [0.25, 0.3) is 0 Å². The van der Waals surface area contributed by atoms with E-state index in [1.54, 1.807) is 18.6 Å². The molecule has 0 bridgehead atoms. The van der Waals surface area contributed by atoms with Gasteiger partial charge in [-0.05, 0) is 48.7 Å². The number of ketones is 1. The van der Waals surface area contributed by atoms with E-state index in [0.29, 0.717) is 6.42 Å². The molecular weight excluding hydrogens is 408 g/mol. The van der Waals surface area contributed by atoms with Crippen LogP contribution in [0.4, 0.5) is 0 Å². The zero-order valence-electron chi connectivity index (χ0n) is 19.4. The van der Waals surface area contributed by atoms with Crippen molar-refractivity contribution in [3.05, 3.63) is 36.3 Å². The largest absolute Gasteiger partial charge is 0.472 e. The van der Waals surface area contributed by atoms with Crippen LogP contribution in [0, 0.1) is 33.5 Å². The number of aliphatic hydroxyl groups is 1. The highest BCUT2D eigenvalue weighted by atomic mass is 16.7. The number of rotatable bonds is 1. The molecule has 2 saturated heterocycles. The predicted molar refractivity (Wildman–Crippen MR) is 114 cm³/mol. The molecular formula is C26H32O6. The lowest BCUT2D eigenvalue weighted by atomic mass is 9.36. The first-order chi connectivity index (χ1) is 14.9. The van der Waals surface area contributed by atoms with E-state index in [2.05, 4.69) is 26.8 Å². The molecule has 3 heterocycles. The van der Waals surface area contributed by atoms with Gasteiger partial charge in [-0.3, -0.25) is 4.79 Å². The van der Waals surface area contributed by atoms with Crippen LogP contribution in [0.3, 0.4) is 0 Å². The third-order valence-electron chi connectivity index (χ3n) is 10.6.